The molecule has 32 heavy (non-hydrogen) atoms. The molecule has 1 N–H and O–H groups in total. The monoisotopic (exact) mass is 463 g/mol. The van der Waals surface area contributed by atoms with E-state index in [1.165, 1.54) is 0 Å². The average molecular weight is 464 g/mol. The number of amides is 2. The predicted octanol–water partition coefficient (Wildman–Crippen LogP) is 5.42. The Bertz CT molecular complexity index is 788. The second-order valence-corrected chi connectivity index (χ2v) is 11.0. The van der Waals surface area contributed by atoms with E-state index in [4.69, 9.17) is 16.3 Å². The zero-order valence-electron chi connectivity index (χ0n) is 20.1. The Morgan fingerprint density at radius 2 is 1.59 bits per heavy atom. The molecule has 2 amide bonds. The van der Waals surface area contributed by atoms with Gasteiger partial charge in [0.2, 0.25) is 5.91 Å². The summed E-state index contributed by atoms with van der Waals surface area (Å²) < 4.78 is 5.54. The first-order chi connectivity index (χ1) is 15.0. The lowest BCUT2D eigenvalue weighted by molar-refractivity contribution is -0.139. The fraction of sp³-hybridized carbons (Fsp3) is 0.680. The van der Waals surface area contributed by atoms with Crippen molar-refractivity contribution in [3.63, 3.8) is 0 Å². The Balaban J connectivity index is 1.75. The van der Waals surface area contributed by atoms with Crippen molar-refractivity contribution in [1.29, 1.82) is 0 Å². The van der Waals surface area contributed by atoms with Gasteiger partial charge in [-0.05, 0) is 82.6 Å². The van der Waals surface area contributed by atoms with Crippen LogP contribution in [-0.2, 0) is 9.53 Å². The van der Waals surface area contributed by atoms with Gasteiger partial charge in [-0.2, -0.15) is 0 Å². The van der Waals surface area contributed by atoms with E-state index in [0.717, 1.165) is 31.6 Å². The van der Waals surface area contributed by atoms with Crippen LogP contribution in [0.4, 0.5) is 10.5 Å². The first kappa shape index (κ1) is 24.7. The van der Waals surface area contributed by atoms with E-state index in [1.54, 1.807) is 4.90 Å². The Morgan fingerprint density at radius 3 is 2.09 bits per heavy atom. The molecule has 2 saturated heterocycles. The summed E-state index contributed by atoms with van der Waals surface area (Å²) in [6.45, 7) is 12.7. The first-order valence-corrected chi connectivity index (χ1v) is 12.2. The molecule has 0 unspecified atom stereocenters. The summed E-state index contributed by atoms with van der Waals surface area (Å²) in [5.41, 5.74) is -0.411. The van der Waals surface area contributed by atoms with Gasteiger partial charge in [-0.15, -0.1) is 0 Å². The molecular formula is C25H38ClN3O3. The van der Waals surface area contributed by atoms with E-state index in [1.807, 2.05) is 49.9 Å². The molecule has 0 spiro atoms. The summed E-state index contributed by atoms with van der Waals surface area (Å²) in [7, 11) is 0. The van der Waals surface area contributed by atoms with Crippen LogP contribution in [0.3, 0.4) is 0 Å². The van der Waals surface area contributed by atoms with Gasteiger partial charge in [0.25, 0.3) is 0 Å². The molecule has 0 bridgehead atoms. The minimum atomic E-state index is -0.739. The lowest BCUT2D eigenvalue weighted by atomic mass is 9.82. The molecule has 178 valence electrons. The average Bonchev–Trinajstić information content (AvgIpc) is 2.74. The Labute approximate surface area is 197 Å². The summed E-state index contributed by atoms with van der Waals surface area (Å²) in [4.78, 5) is 30.1. The Hall–Kier alpha value is -1.95. The van der Waals surface area contributed by atoms with Gasteiger partial charge in [-0.25, -0.2) is 4.79 Å². The number of carbonyl (C=O) groups excluding carboxylic acids is 2. The quantitative estimate of drug-likeness (QED) is 0.647. The third-order valence-corrected chi connectivity index (χ3v) is 6.93. The fourth-order valence-electron chi connectivity index (χ4n) is 4.67. The molecule has 7 heteroatoms. The lowest BCUT2D eigenvalue weighted by Gasteiger charge is -2.45. The number of piperidine rings is 2. The van der Waals surface area contributed by atoms with E-state index in [-0.39, 0.29) is 12.0 Å². The number of hydrogen-bond acceptors (Lipinski definition) is 4. The molecule has 0 aliphatic carbocycles. The summed E-state index contributed by atoms with van der Waals surface area (Å²) in [5, 5.41) is 4.19. The van der Waals surface area contributed by atoms with Crippen molar-refractivity contribution in [2.75, 3.05) is 31.5 Å². The van der Waals surface area contributed by atoms with Gasteiger partial charge in [0.1, 0.15) is 11.1 Å². The van der Waals surface area contributed by atoms with E-state index in [9.17, 15) is 9.59 Å². The number of likely N-dealkylation sites (tertiary alicyclic amines) is 2. The minimum Gasteiger partial charge on any atom is -0.444 e. The zero-order valence-corrected chi connectivity index (χ0v) is 20.9. The number of halogens is 1. The van der Waals surface area contributed by atoms with Crippen LogP contribution in [0.2, 0.25) is 5.02 Å². The standard InChI is InChI=1S/C25H38ClN3O3/c1-18(2)19-10-14-28(15-11-19)22(30)25(27-21-8-6-20(26)7-9-21)12-16-29(17-13-25)23(31)32-24(3,4)5/h6-9,18-19,27H,10-17H2,1-5H3. The highest BCUT2D eigenvalue weighted by Crippen LogP contribution is 2.33. The molecule has 0 atom stereocenters. The number of nitrogens with zero attached hydrogens (tertiary/aromatic N) is 2. The van der Waals surface area contributed by atoms with Crippen LogP contribution in [-0.4, -0.2) is 59.1 Å². The van der Waals surface area contributed by atoms with Gasteiger partial charge in [0.15, 0.2) is 0 Å². The van der Waals surface area contributed by atoms with E-state index in [0.29, 0.717) is 42.8 Å². The minimum absolute atomic E-state index is 0.137. The number of rotatable bonds is 4. The number of anilines is 1. The van der Waals surface area contributed by atoms with Crippen LogP contribution in [0.1, 0.15) is 60.3 Å². The molecule has 0 aromatic heterocycles. The number of benzene rings is 1. The van der Waals surface area contributed by atoms with Gasteiger partial charge in [0, 0.05) is 36.9 Å². The molecule has 6 nitrogen and oxygen atoms in total. The van der Waals surface area contributed by atoms with Gasteiger partial charge < -0.3 is 19.9 Å². The molecule has 2 fully saturated rings. The van der Waals surface area contributed by atoms with Crippen LogP contribution in [0.15, 0.2) is 24.3 Å². The predicted molar refractivity (Wildman–Crippen MR) is 129 cm³/mol. The maximum absolute atomic E-state index is 13.8. The smallest absolute Gasteiger partial charge is 0.410 e. The largest absolute Gasteiger partial charge is 0.444 e. The highest BCUT2D eigenvalue weighted by Gasteiger charge is 2.45. The van der Waals surface area contributed by atoms with Gasteiger partial charge in [-0.1, -0.05) is 25.4 Å². The maximum Gasteiger partial charge on any atom is 0.410 e. The third-order valence-electron chi connectivity index (χ3n) is 6.68. The van der Waals surface area contributed by atoms with Crippen molar-refractivity contribution >= 4 is 29.3 Å². The normalized spacial score (nSPS) is 19.7. The SMILES string of the molecule is CC(C)C1CCN(C(=O)C2(Nc3ccc(Cl)cc3)CCN(C(=O)OC(C)(C)C)CC2)CC1. The second kappa shape index (κ2) is 9.90. The van der Waals surface area contributed by atoms with Crippen molar-refractivity contribution < 1.29 is 14.3 Å². The fourth-order valence-corrected chi connectivity index (χ4v) is 4.80. The van der Waals surface area contributed by atoms with Gasteiger partial charge >= 0.3 is 6.09 Å². The molecule has 0 radical (unpaired) electrons. The Kier molecular flexibility index (Phi) is 7.64. The van der Waals surface area contributed by atoms with Crippen LogP contribution < -0.4 is 5.32 Å². The van der Waals surface area contributed by atoms with Gasteiger partial charge in [0.05, 0.1) is 0 Å². The molecule has 3 rings (SSSR count). The molecule has 2 aliphatic heterocycles. The van der Waals surface area contributed by atoms with Gasteiger partial charge in [-0.3, -0.25) is 4.79 Å². The van der Waals surface area contributed by atoms with Crippen molar-refractivity contribution in [2.24, 2.45) is 11.8 Å². The number of hydrogen-bond donors (Lipinski definition) is 1. The van der Waals surface area contributed by atoms with Crippen LogP contribution in [0.25, 0.3) is 0 Å². The van der Waals surface area contributed by atoms with E-state index in [2.05, 4.69) is 19.2 Å². The van der Waals surface area contributed by atoms with Crippen molar-refractivity contribution in [2.45, 2.75) is 71.4 Å². The summed E-state index contributed by atoms with van der Waals surface area (Å²) in [5.74, 6) is 1.46. The van der Waals surface area contributed by atoms with Crippen LogP contribution in [0.5, 0.6) is 0 Å². The van der Waals surface area contributed by atoms with E-state index < -0.39 is 11.1 Å². The molecular weight excluding hydrogens is 426 g/mol. The van der Waals surface area contributed by atoms with Crippen molar-refractivity contribution in [3.8, 4) is 0 Å². The van der Waals surface area contributed by atoms with Crippen LogP contribution >= 0.6 is 11.6 Å². The van der Waals surface area contributed by atoms with Crippen molar-refractivity contribution in [3.05, 3.63) is 29.3 Å². The summed E-state index contributed by atoms with van der Waals surface area (Å²) >= 11 is 6.06. The zero-order chi connectivity index (χ0) is 23.5. The molecule has 1 aromatic rings. The number of ether oxygens (including phenoxy) is 1. The molecule has 1 aromatic carbocycles. The highest BCUT2D eigenvalue weighted by molar-refractivity contribution is 6.30. The van der Waals surface area contributed by atoms with Crippen LogP contribution in [0, 0.1) is 11.8 Å². The summed E-state index contributed by atoms with van der Waals surface area (Å²) in [6, 6.07) is 7.46. The third kappa shape index (κ3) is 6.09. The number of carbonyl (C=O) groups is 2. The molecule has 2 aliphatic rings. The topological polar surface area (TPSA) is 61.9 Å². The second-order valence-electron chi connectivity index (χ2n) is 10.6. The molecule has 0 saturated carbocycles. The molecule has 2 heterocycles. The number of nitrogens with one attached hydrogen (secondary N) is 1. The van der Waals surface area contributed by atoms with Crippen molar-refractivity contribution in [1.82, 2.24) is 9.80 Å². The highest BCUT2D eigenvalue weighted by atomic mass is 35.5. The first-order valence-electron chi connectivity index (χ1n) is 11.8. The summed E-state index contributed by atoms with van der Waals surface area (Å²) in [6.07, 6.45) is 2.85. The lowest BCUT2D eigenvalue weighted by Crippen LogP contribution is -2.61. The maximum atomic E-state index is 13.8. The Morgan fingerprint density at radius 1 is 1.03 bits per heavy atom. The van der Waals surface area contributed by atoms with E-state index >= 15 is 0 Å².